The summed E-state index contributed by atoms with van der Waals surface area (Å²) in [5, 5.41) is 3.44. The second kappa shape index (κ2) is 11.2. The van der Waals surface area contributed by atoms with Crippen molar-refractivity contribution in [1.82, 2.24) is 4.98 Å². The minimum Gasteiger partial charge on any atom is -0.483 e. The van der Waals surface area contributed by atoms with Crippen molar-refractivity contribution < 1.29 is 19.1 Å². The summed E-state index contributed by atoms with van der Waals surface area (Å²) in [5.41, 5.74) is 1.40. The number of aromatic amines is 1. The highest BCUT2D eigenvalue weighted by atomic mass is 35.5. The third-order valence-electron chi connectivity index (χ3n) is 6.71. The lowest BCUT2D eigenvalue weighted by atomic mass is 9.82. The largest absolute Gasteiger partial charge is 0.483 e. The number of benzene rings is 3. The highest BCUT2D eigenvalue weighted by molar-refractivity contribution is 8.00. The van der Waals surface area contributed by atoms with Gasteiger partial charge in [-0.25, -0.2) is 4.90 Å². The van der Waals surface area contributed by atoms with Crippen LogP contribution >= 0.6 is 57.9 Å². The molecule has 4 aromatic rings. The number of carbonyl (C=O) groups is 3. The summed E-state index contributed by atoms with van der Waals surface area (Å²) in [7, 11) is 0. The first-order valence-corrected chi connectivity index (χ1v) is 15.0. The topological polar surface area (TPSA) is 109 Å². The van der Waals surface area contributed by atoms with Crippen molar-refractivity contribution in [3.63, 3.8) is 0 Å². The van der Waals surface area contributed by atoms with Crippen LogP contribution in [0, 0.1) is 5.92 Å². The molecule has 6 rings (SSSR count). The van der Waals surface area contributed by atoms with E-state index in [9.17, 15) is 19.2 Å². The molecule has 3 amide bonds. The van der Waals surface area contributed by atoms with Gasteiger partial charge in [0.25, 0.3) is 5.91 Å². The molecule has 3 aromatic carbocycles. The number of aromatic nitrogens is 1. The Balaban J connectivity index is 1.35. The molecular formula is C28H18Cl3N3O5S2. The van der Waals surface area contributed by atoms with E-state index in [0.29, 0.717) is 42.6 Å². The van der Waals surface area contributed by atoms with E-state index < -0.39 is 28.9 Å². The molecule has 1 aromatic heterocycles. The monoisotopic (exact) mass is 645 g/mol. The molecule has 13 heteroatoms. The zero-order valence-corrected chi connectivity index (χ0v) is 24.6. The first-order chi connectivity index (χ1) is 19.7. The average Bonchev–Trinajstić information content (AvgIpc) is 3.44. The Hall–Kier alpha value is -3.28. The van der Waals surface area contributed by atoms with Gasteiger partial charge in [0.05, 0.1) is 26.7 Å². The summed E-state index contributed by atoms with van der Waals surface area (Å²) < 4.78 is 5.95. The molecule has 2 N–H and O–H groups in total. The van der Waals surface area contributed by atoms with Gasteiger partial charge in [0, 0.05) is 27.1 Å². The number of imide groups is 1. The number of carbonyl (C=O) groups excluding carboxylic acids is 3. The van der Waals surface area contributed by atoms with E-state index in [1.807, 2.05) is 0 Å². The van der Waals surface area contributed by atoms with Crippen molar-refractivity contribution in [3.05, 3.63) is 102 Å². The van der Waals surface area contributed by atoms with Crippen LogP contribution < -0.4 is 19.8 Å². The van der Waals surface area contributed by atoms with Crippen LogP contribution in [0.2, 0.25) is 15.1 Å². The Bertz CT molecular complexity index is 1760. The van der Waals surface area contributed by atoms with E-state index >= 15 is 0 Å². The maximum atomic E-state index is 13.9. The molecular weight excluding hydrogens is 629 g/mol. The molecule has 0 saturated carbocycles. The van der Waals surface area contributed by atoms with Gasteiger partial charge in [0.15, 0.2) is 6.61 Å². The molecule has 1 fully saturated rings. The highest BCUT2D eigenvalue weighted by Crippen LogP contribution is 2.54. The van der Waals surface area contributed by atoms with E-state index in [1.165, 1.54) is 22.7 Å². The third-order valence-corrected chi connectivity index (χ3v) is 10.1. The molecule has 2 aliphatic heterocycles. The second-order valence-electron chi connectivity index (χ2n) is 9.25. The summed E-state index contributed by atoms with van der Waals surface area (Å²) in [6, 6.07) is 18.2. The van der Waals surface area contributed by atoms with Crippen LogP contribution in [-0.4, -0.2) is 34.6 Å². The number of ether oxygens (including phenoxy) is 1. The van der Waals surface area contributed by atoms with Gasteiger partial charge in [-0.2, -0.15) is 0 Å². The number of nitrogens with zero attached hydrogens (tertiary/aromatic N) is 1. The number of H-pyrrole nitrogens is 1. The van der Waals surface area contributed by atoms with Crippen LogP contribution in [0.4, 0.5) is 11.4 Å². The molecule has 8 nitrogen and oxygen atoms in total. The molecule has 1 saturated heterocycles. The predicted octanol–water partition coefficient (Wildman–Crippen LogP) is 6.21. The lowest BCUT2D eigenvalue weighted by Crippen LogP contribution is -2.32. The van der Waals surface area contributed by atoms with E-state index in [1.54, 1.807) is 60.7 Å². The average molecular weight is 647 g/mol. The summed E-state index contributed by atoms with van der Waals surface area (Å²) in [6.07, 6.45) is 0. The number of thioether (sulfide) groups is 1. The fourth-order valence-corrected chi connectivity index (χ4v) is 7.98. The molecule has 0 bridgehead atoms. The molecule has 0 aliphatic carbocycles. The molecule has 208 valence electrons. The number of nitrogens with one attached hydrogen (secondary N) is 2. The fraction of sp³-hybridized carbons (Fsp3) is 0.143. The Kier molecular flexibility index (Phi) is 7.60. The van der Waals surface area contributed by atoms with Crippen molar-refractivity contribution in [3.8, 4) is 5.75 Å². The van der Waals surface area contributed by atoms with E-state index in [2.05, 4.69) is 10.3 Å². The van der Waals surface area contributed by atoms with E-state index in [4.69, 9.17) is 39.5 Å². The Morgan fingerprint density at radius 1 is 0.951 bits per heavy atom. The number of hydrogen-bond acceptors (Lipinski definition) is 7. The highest BCUT2D eigenvalue weighted by Gasteiger charge is 2.56. The Labute approximate surface area is 256 Å². The van der Waals surface area contributed by atoms with Crippen LogP contribution in [0.1, 0.15) is 16.4 Å². The van der Waals surface area contributed by atoms with Crippen molar-refractivity contribution >= 4 is 87.0 Å². The van der Waals surface area contributed by atoms with Gasteiger partial charge in [0.2, 0.25) is 11.8 Å². The van der Waals surface area contributed by atoms with Crippen molar-refractivity contribution in [2.45, 2.75) is 16.2 Å². The Morgan fingerprint density at radius 2 is 1.73 bits per heavy atom. The fourth-order valence-electron chi connectivity index (χ4n) is 4.99. The van der Waals surface area contributed by atoms with Crippen molar-refractivity contribution in [1.29, 1.82) is 0 Å². The number of anilines is 2. The second-order valence-corrected chi connectivity index (χ2v) is 12.7. The molecule has 0 spiro atoms. The number of thiazole rings is 1. The summed E-state index contributed by atoms with van der Waals surface area (Å²) in [5.74, 6) is -2.49. The minimum absolute atomic E-state index is 0.289. The molecule has 2 aliphatic rings. The first kappa shape index (κ1) is 27.9. The number of rotatable bonds is 6. The molecule has 3 heterocycles. The normalized spacial score (nSPS) is 19.6. The predicted molar refractivity (Wildman–Crippen MR) is 161 cm³/mol. The number of amides is 3. The first-order valence-electron chi connectivity index (χ1n) is 12.2. The van der Waals surface area contributed by atoms with Gasteiger partial charge < -0.3 is 15.0 Å². The van der Waals surface area contributed by atoms with E-state index in [0.717, 1.165) is 11.3 Å². The van der Waals surface area contributed by atoms with Crippen LogP contribution in [0.3, 0.4) is 0 Å². The summed E-state index contributed by atoms with van der Waals surface area (Å²) >= 11 is 20.5. The Morgan fingerprint density at radius 3 is 2.49 bits per heavy atom. The number of para-hydroxylation sites is 1. The molecule has 3 atom stereocenters. The number of halogens is 3. The van der Waals surface area contributed by atoms with Crippen LogP contribution in [0.5, 0.6) is 5.75 Å². The molecule has 0 radical (unpaired) electrons. The standard InChI is InChI=1S/C28H18Cl3N3O5S2/c29-13-6-9-19(39-12-20(35)32-14-7-8-17(30)18(31)11-14)16(10-13)21-22-24(40-25-23(21)41-28(38)33-25)27(37)34(26(22)36)15-4-2-1-3-5-15/h1-11,21-22,24H,12H2,(H,32,35)(H,33,38)/t21-,22?,24?/m1/s1. The van der Waals surface area contributed by atoms with Gasteiger partial charge in [0.1, 0.15) is 11.0 Å². The number of hydrogen-bond donors (Lipinski definition) is 2. The quantitative estimate of drug-likeness (QED) is 0.241. The van der Waals surface area contributed by atoms with Gasteiger partial charge in [-0.15, -0.1) is 0 Å². The van der Waals surface area contributed by atoms with Crippen molar-refractivity contribution in [2.24, 2.45) is 5.92 Å². The van der Waals surface area contributed by atoms with Crippen molar-refractivity contribution in [2.75, 3.05) is 16.8 Å². The van der Waals surface area contributed by atoms with Crippen LogP contribution in [0.25, 0.3) is 0 Å². The van der Waals surface area contributed by atoms with Gasteiger partial charge in [-0.05, 0) is 48.5 Å². The van der Waals surface area contributed by atoms with Gasteiger partial charge >= 0.3 is 4.87 Å². The number of fused-ring (bicyclic) bond motifs is 2. The lowest BCUT2D eigenvalue weighted by Gasteiger charge is -2.31. The van der Waals surface area contributed by atoms with E-state index in [-0.39, 0.29) is 22.4 Å². The molecule has 41 heavy (non-hydrogen) atoms. The summed E-state index contributed by atoms with van der Waals surface area (Å²) in [6.45, 7) is -0.371. The minimum atomic E-state index is -0.836. The molecule has 2 unspecified atom stereocenters. The zero-order valence-electron chi connectivity index (χ0n) is 20.7. The van der Waals surface area contributed by atoms with Crippen LogP contribution in [-0.2, 0) is 14.4 Å². The smallest absolute Gasteiger partial charge is 0.305 e. The third kappa shape index (κ3) is 5.26. The zero-order chi connectivity index (χ0) is 28.8. The maximum Gasteiger partial charge on any atom is 0.305 e. The maximum absolute atomic E-state index is 13.9. The van der Waals surface area contributed by atoms with Crippen LogP contribution in [0.15, 0.2) is 76.6 Å². The summed E-state index contributed by atoms with van der Waals surface area (Å²) in [4.78, 5) is 57.0. The van der Waals surface area contributed by atoms with Gasteiger partial charge in [-0.1, -0.05) is 76.1 Å². The SMILES string of the molecule is O=C(COc1ccc(Cl)cc1[C@H]1c2sc(=O)[nH]c2SC2C(=O)N(c3ccccc3)C(=O)C21)Nc1ccc(Cl)c(Cl)c1. The van der Waals surface area contributed by atoms with Gasteiger partial charge in [-0.3, -0.25) is 19.2 Å². The lowest BCUT2D eigenvalue weighted by molar-refractivity contribution is -0.122.